The largest absolute Gasteiger partial charge is 0.478 e. The fourth-order valence-electron chi connectivity index (χ4n) is 3.38. The molecule has 152 valence electrons. The minimum absolute atomic E-state index is 0.0309. The molecule has 9 heteroatoms. The Morgan fingerprint density at radius 3 is 2.67 bits per heavy atom. The maximum absolute atomic E-state index is 13.3. The molecule has 1 aliphatic rings. The number of carboxylic acids is 1. The van der Waals surface area contributed by atoms with Gasteiger partial charge in [-0.25, -0.2) is 13.9 Å². The zero-order chi connectivity index (χ0) is 21.4. The Bertz CT molecular complexity index is 1170. The highest BCUT2D eigenvalue weighted by Gasteiger charge is 2.34. The molecule has 0 spiro atoms. The Hall–Kier alpha value is -4.01. The number of carbonyl (C=O) groups is 3. The predicted molar refractivity (Wildman–Crippen MR) is 107 cm³/mol. The van der Waals surface area contributed by atoms with Crippen LogP contribution in [0.15, 0.2) is 48.5 Å². The van der Waals surface area contributed by atoms with Crippen LogP contribution in [0.25, 0.3) is 11.3 Å². The summed E-state index contributed by atoms with van der Waals surface area (Å²) in [6.45, 7) is 1.76. The van der Waals surface area contributed by atoms with Gasteiger partial charge in [0.05, 0.1) is 17.7 Å². The van der Waals surface area contributed by atoms with Crippen molar-refractivity contribution in [3.05, 3.63) is 65.5 Å². The first-order chi connectivity index (χ1) is 14.3. The molecule has 8 nitrogen and oxygen atoms in total. The smallest absolute Gasteiger partial charge is 0.335 e. The first-order valence-corrected chi connectivity index (χ1v) is 9.12. The van der Waals surface area contributed by atoms with E-state index in [1.54, 1.807) is 25.1 Å². The van der Waals surface area contributed by atoms with Gasteiger partial charge in [0.1, 0.15) is 17.7 Å². The number of halogens is 1. The van der Waals surface area contributed by atoms with Crippen LogP contribution in [0.3, 0.4) is 0 Å². The highest BCUT2D eigenvalue weighted by Crippen LogP contribution is 2.34. The fraction of sp³-hybridized carbons (Fsp3) is 0.143. The molecule has 3 N–H and O–H groups in total. The van der Waals surface area contributed by atoms with E-state index >= 15 is 0 Å². The van der Waals surface area contributed by atoms with Crippen LogP contribution < -0.4 is 10.6 Å². The molecule has 2 heterocycles. The van der Waals surface area contributed by atoms with Crippen LogP contribution >= 0.6 is 0 Å². The van der Waals surface area contributed by atoms with Gasteiger partial charge in [0.25, 0.3) is 0 Å². The number of benzene rings is 2. The number of aromatic nitrogens is 2. The number of hydrogen-bond acceptors (Lipinski definition) is 4. The molecule has 0 saturated heterocycles. The van der Waals surface area contributed by atoms with Gasteiger partial charge in [0.15, 0.2) is 0 Å². The number of rotatable bonds is 4. The number of hydrogen-bond donors (Lipinski definition) is 3. The highest BCUT2D eigenvalue weighted by molar-refractivity contribution is 6.02. The van der Waals surface area contributed by atoms with Crippen LogP contribution in [0.1, 0.15) is 28.4 Å². The summed E-state index contributed by atoms with van der Waals surface area (Å²) in [4.78, 5) is 36.3. The van der Waals surface area contributed by atoms with E-state index in [-0.39, 0.29) is 23.7 Å². The molecular weight excluding hydrogens is 391 g/mol. The van der Waals surface area contributed by atoms with Crippen molar-refractivity contribution >= 4 is 29.3 Å². The minimum atomic E-state index is -1.11. The summed E-state index contributed by atoms with van der Waals surface area (Å²) in [5, 5.41) is 19.0. The van der Waals surface area contributed by atoms with Gasteiger partial charge < -0.3 is 15.7 Å². The molecule has 0 saturated carbocycles. The number of carbonyl (C=O) groups excluding carboxylic acids is 2. The first kappa shape index (κ1) is 19.3. The number of amides is 2. The third-order valence-electron chi connectivity index (χ3n) is 4.88. The Balaban J connectivity index is 1.68. The van der Waals surface area contributed by atoms with Gasteiger partial charge in [-0.05, 0) is 49.4 Å². The fourth-order valence-corrected chi connectivity index (χ4v) is 3.38. The van der Waals surface area contributed by atoms with Gasteiger partial charge in [0, 0.05) is 16.8 Å². The minimum Gasteiger partial charge on any atom is -0.478 e. The summed E-state index contributed by atoms with van der Waals surface area (Å²) in [5.74, 6) is -1.94. The summed E-state index contributed by atoms with van der Waals surface area (Å²) >= 11 is 0. The van der Waals surface area contributed by atoms with E-state index < -0.39 is 17.9 Å². The van der Waals surface area contributed by atoms with E-state index in [2.05, 4.69) is 15.7 Å². The molecule has 0 radical (unpaired) electrons. The van der Waals surface area contributed by atoms with Crippen molar-refractivity contribution < 1.29 is 23.9 Å². The van der Waals surface area contributed by atoms with E-state index in [4.69, 9.17) is 5.11 Å². The van der Waals surface area contributed by atoms with Gasteiger partial charge in [-0.1, -0.05) is 6.07 Å². The lowest BCUT2D eigenvalue weighted by Gasteiger charge is -2.24. The summed E-state index contributed by atoms with van der Waals surface area (Å²) in [5.41, 5.74) is 2.16. The average molecular weight is 408 g/mol. The molecule has 0 unspecified atom stereocenters. The summed E-state index contributed by atoms with van der Waals surface area (Å²) in [6, 6.07) is 10.7. The van der Waals surface area contributed by atoms with Crippen molar-refractivity contribution in [2.45, 2.75) is 19.4 Å². The maximum atomic E-state index is 13.3. The zero-order valence-corrected chi connectivity index (χ0v) is 15.8. The second-order valence-electron chi connectivity index (χ2n) is 6.92. The van der Waals surface area contributed by atoms with Crippen LogP contribution in [-0.4, -0.2) is 32.7 Å². The molecule has 1 aliphatic heterocycles. The molecule has 30 heavy (non-hydrogen) atoms. The third-order valence-corrected chi connectivity index (χ3v) is 4.88. The molecule has 0 fully saturated rings. The number of carboxylic acid groups (broad SMARTS) is 1. The lowest BCUT2D eigenvalue weighted by Crippen LogP contribution is -2.36. The van der Waals surface area contributed by atoms with E-state index in [1.807, 2.05) is 0 Å². The van der Waals surface area contributed by atoms with Gasteiger partial charge in [-0.15, -0.1) is 0 Å². The first-order valence-electron chi connectivity index (χ1n) is 9.12. The van der Waals surface area contributed by atoms with E-state index in [9.17, 15) is 18.8 Å². The number of nitrogens with zero attached hydrogens (tertiary/aromatic N) is 2. The standard InChI is InChI=1S/C21H17FN4O4/c1-11-18(12-5-7-14(22)8-6-12)25-26-16(10-17(27)24-19(11)26)20(28)23-15-4-2-3-13(9-15)21(29)30/h2-9,16H,10H2,1H3,(H,23,28)(H,24,27)(H,29,30)/t16-/m1/s1. The molecule has 1 aromatic heterocycles. The summed E-state index contributed by atoms with van der Waals surface area (Å²) in [7, 11) is 0. The van der Waals surface area contributed by atoms with Gasteiger partial charge in [-0.2, -0.15) is 5.10 Å². The molecule has 2 aromatic carbocycles. The SMILES string of the molecule is Cc1c(-c2ccc(F)cc2)nn2c1NC(=O)C[C@@H]2C(=O)Nc1cccc(C(=O)O)c1. The monoisotopic (exact) mass is 408 g/mol. The second-order valence-corrected chi connectivity index (χ2v) is 6.92. The Morgan fingerprint density at radius 2 is 1.97 bits per heavy atom. The zero-order valence-electron chi connectivity index (χ0n) is 15.8. The van der Waals surface area contributed by atoms with E-state index in [0.717, 1.165) is 0 Å². The van der Waals surface area contributed by atoms with Crippen molar-refractivity contribution in [3.63, 3.8) is 0 Å². The van der Waals surface area contributed by atoms with E-state index in [1.165, 1.54) is 35.0 Å². The van der Waals surface area contributed by atoms with E-state index in [0.29, 0.717) is 28.3 Å². The van der Waals surface area contributed by atoms with Crippen LogP contribution in [0.2, 0.25) is 0 Å². The maximum Gasteiger partial charge on any atom is 0.335 e. The number of fused-ring (bicyclic) bond motifs is 1. The molecule has 4 rings (SSSR count). The van der Waals surface area contributed by atoms with Crippen LogP contribution in [0.4, 0.5) is 15.9 Å². The second kappa shape index (κ2) is 7.43. The van der Waals surface area contributed by atoms with Crippen LogP contribution in [0.5, 0.6) is 0 Å². The Morgan fingerprint density at radius 1 is 1.23 bits per heavy atom. The van der Waals surface area contributed by atoms with Crippen molar-refractivity contribution in [1.82, 2.24) is 9.78 Å². The average Bonchev–Trinajstić information content (AvgIpc) is 3.04. The molecule has 2 amide bonds. The van der Waals surface area contributed by atoms with Gasteiger partial charge in [-0.3, -0.25) is 9.59 Å². The molecule has 0 bridgehead atoms. The molecule has 0 aliphatic carbocycles. The lowest BCUT2D eigenvalue weighted by atomic mass is 10.1. The van der Waals surface area contributed by atoms with Gasteiger partial charge >= 0.3 is 5.97 Å². The quantitative estimate of drug-likeness (QED) is 0.613. The van der Waals surface area contributed by atoms with Gasteiger partial charge in [0.2, 0.25) is 11.8 Å². The predicted octanol–water partition coefficient (Wildman–Crippen LogP) is 3.22. The molecule has 3 aromatic rings. The van der Waals surface area contributed by atoms with Crippen LogP contribution in [0, 0.1) is 12.7 Å². The number of anilines is 2. The normalized spacial score (nSPS) is 15.3. The highest BCUT2D eigenvalue weighted by atomic mass is 19.1. The summed E-state index contributed by atoms with van der Waals surface area (Å²) in [6.07, 6.45) is -0.124. The van der Waals surface area contributed by atoms with Crippen molar-refractivity contribution in [1.29, 1.82) is 0 Å². The molecule has 1 atom stereocenters. The number of aromatic carboxylic acids is 1. The lowest BCUT2D eigenvalue weighted by molar-refractivity contribution is -0.125. The molecular formula is C21H17FN4O4. The number of nitrogens with one attached hydrogen (secondary N) is 2. The van der Waals surface area contributed by atoms with Crippen molar-refractivity contribution in [2.75, 3.05) is 10.6 Å². The Kier molecular flexibility index (Phi) is 4.78. The Labute approximate surface area is 170 Å². The van der Waals surface area contributed by atoms with Crippen molar-refractivity contribution in [3.8, 4) is 11.3 Å². The summed E-state index contributed by atoms with van der Waals surface area (Å²) < 4.78 is 14.7. The van der Waals surface area contributed by atoms with Crippen molar-refractivity contribution in [2.24, 2.45) is 0 Å². The van der Waals surface area contributed by atoms with Crippen LogP contribution in [-0.2, 0) is 9.59 Å². The third kappa shape index (κ3) is 3.52. The topological polar surface area (TPSA) is 113 Å².